The first-order valence-corrected chi connectivity index (χ1v) is 10.2. The van der Waals surface area contributed by atoms with E-state index in [-0.39, 0.29) is 33.7 Å². The van der Waals surface area contributed by atoms with Gasteiger partial charge in [-0.25, -0.2) is 9.37 Å². The van der Waals surface area contributed by atoms with Crippen molar-refractivity contribution in [2.75, 3.05) is 11.4 Å². The highest BCUT2D eigenvalue weighted by molar-refractivity contribution is 6.34. The fourth-order valence-electron chi connectivity index (χ4n) is 4.24. The van der Waals surface area contributed by atoms with Crippen molar-refractivity contribution in [2.45, 2.75) is 38.1 Å². The molecule has 152 valence electrons. The summed E-state index contributed by atoms with van der Waals surface area (Å²) in [6, 6.07) is 4.04. The molecule has 1 aliphatic carbocycles. The average Bonchev–Trinajstić information content (AvgIpc) is 3.00. The van der Waals surface area contributed by atoms with E-state index in [9.17, 15) is 14.0 Å². The molecule has 1 aromatic carbocycles. The van der Waals surface area contributed by atoms with E-state index in [4.69, 9.17) is 23.2 Å². The highest BCUT2D eigenvalue weighted by Crippen LogP contribution is 2.47. The minimum Gasteiger partial charge on any atom is -0.348 e. The first kappa shape index (κ1) is 20.0. The summed E-state index contributed by atoms with van der Waals surface area (Å²) < 4.78 is 13.3. The van der Waals surface area contributed by atoms with Gasteiger partial charge in [0.15, 0.2) is 0 Å². The van der Waals surface area contributed by atoms with Crippen LogP contribution in [0.25, 0.3) is 0 Å². The van der Waals surface area contributed by atoms with Crippen LogP contribution in [0.15, 0.2) is 30.6 Å². The summed E-state index contributed by atoms with van der Waals surface area (Å²) in [4.78, 5) is 35.0. The fraction of sp³-hybridized carbons (Fsp3) is 0.400. The van der Waals surface area contributed by atoms with Crippen LogP contribution < -0.4 is 10.2 Å². The Morgan fingerprint density at radius 3 is 2.66 bits per heavy atom. The van der Waals surface area contributed by atoms with Gasteiger partial charge in [0.2, 0.25) is 5.91 Å². The molecule has 2 amide bonds. The number of carbonyl (C=O) groups excluding carboxylic acids is 2. The van der Waals surface area contributed by atoms with Gasteiger partial charge >= 0.3 is 0 Å². The van der Waals surface area contributed by atoms with Crippen molar-refractivity contribution < 1.29 is 14.0 Å². The Labute approximate surface area is 177 Å². The molecule has 2 fully saturated rings. The van der Waals surface area contributed by atoms with Gasteiger partial charge in [-0.15, -0.1) is 0 Å². The van der Waals surface area contributed by atoms with Gasteiger partial charge in [-0.1, -0.05) is 23.2 Å². The van der Waals surface area contributed by atoms with E-state index in [0.29, 0.717) is 37.9 Å². The maximum absolute atomic E-state index is 13.3. The number of rotatable bonds is 3. The summed E-state index contributed by atoms with van der Waals surface area (Å²) in [7, 11) is 0. The largest absolute Gasteiger partial charge is 0.348 e. The molecule has 1 saturated carbocycles. The maximum Gasteiger partial charge on any atom is 0.271 e. The molecule has 2 aromatic rings. The quantitative estimate of drug-likeness (QED) is 0.787. The topological polar surface area (TPSA) is 75.2 Å². The van der Waals surface area contributed by atoms with Crippen LogP contribution in [0.3, 0.4) is 0 Å². The van der Waals surface area contributed by atoms with Gasteiger partial charge < -0.3 is 10.2 Å². The number of hydrogen-bond donors (Lipinski definition) is 1. The lowest BCUT2D eigenvalue weighted by Crippen LogP contribution is -2.44. The summed E-state index contributed by atoms with van der Waals surface area (Å²) >= 11 is 11.9. The molecule has 0 bridgehead atoms. The molecule has 2 aliphatic rings. The molecule has 2 heterocycles. The summed E-state index contributed by atoms with van der Waals surface area (Å²) in [6.45, 7) is 0.555. The predicted molar refractivity (Wildman–Crippen MR) is 108 cm³/mol. The van der Waals surface area contributed by atoms with E-state index in [0.717, 1.165) is 6.42 Å². The summed E-state index contributed by atoms with van der Waals surface area (Å²) in [6.07, 6.45) is 6.19. The minimum atomic E-state index is -0.450. The summed E-state index contributed by atoms with van der Waals surface area (Å²) in [5.41, 5.74) is 0.270. The van der Waals surface area contributed by atoms with Crippen LogP contribution in [-0.4, -0.2) is 34.4 Å². The zero-order chi connectivity index (χ0) is 20.6. The number of anilines is 1. The fourth-order valence-corrected chi connectivity index (χ4v) is 4.66. The number of nitrogens with zero attached hydrogens (tertiary/aromatic N) is 3. The van der Waals surface area contributed by atoms with Crippen molar-refractivity contribution in [1.29, 1.82) is 0 Å². The van der Waals surface area contributed by atoms with Crippen molar-refractivity contribution in [1.82, 2.24) is 15.3 Å². The Bertz CT molecular complexity index is 963. The highest BCUT2D eigenvalue weighted by atomic mass is 35.5. The zero-order valence-corrected chi connectivity index (χ0v) is 17.0. The third-order valence-electron chi connectivity index (χ3n) is 5.83. The van der Waals surface area contributed by atoms with Crippen molar-refractivity contribution in [3.05, 3.63) is 52.3 Å². The Balaban J connectivity index is 1.40. The molecule has 0 radical (unpaired) electrons. The third kappa shape index (κ3) is 3.94. The van der Waals surface area contributed by atoms with Crippen LogP contribution in [-0.2, 0) is 4.79 Å². The first-order chi connectivity index (χ1) is 13.9. The molecular formula is C20H19Cl2FN4O2. The number of hydrogen-bond acceptors (Lipinski definition) is 4. The second-order valence-corrected chi connectivity index (χ2v) is 8.35. The van der Waals surface area contributed by atoms with E-state index in [1.807, 2.05) is 0 Å². The van der Waals surface area contributed by atoms with Gasteiger partial charge in [0, 0.05) is 12.6 Å². The zero-order valence-electron chi connectivity index (χ0n) is 15.5. The molecule has 29 heavy (non-hydrogen) atoms. The number of aromatic nitrogens is 2. The Morgan fingerprint density at radius 1 is 1.21 bits per heavy atom. The normalized spacial score (nSPS) is 24.2. The van der Waals surface area contributed by atoms with Crippen molar-refractivity contribution in [2.24, 2.45) is 5.41 Å². The lowest BCUT2D eigenvalue weighted by Gasteiger charge is -2.36. The number of amides is 2. The molecule has 6 nitrogen and oxygen atoms in total. The van der Waals surface area contributed by atoms with Crippen LogP contribution in [0.1, 0.15) is 42.6 Å². The second kappa shape index (κ2) is 7.88. The third-order valence-corrected chi connectivity index (χ3v) is 6.31. The smallest absolute Gasteiger partial charge is 0.271 e. The van der Waals surface area contributed by atoms with Crippen molar-refractivity contribution >= 4 is 40.7 Å². The highest BCUT2D eigenvalue weighted by Gasteiger charge is 2.49. The molecule has 1 aliphatic heterocycles. The molecule has 1 N–H and O–H groups in total. The summed E-state index contributed by atoms with van der Waals surface area (Å²) in [5.74, 6) is -0.726. The molecule has 1 spiro atoms. The standard InChI is InChI=1S/C20H19Cl2FN4O2/c21-14-9-12(23)1-2-16(14)27-8-7-20(19(27)29)5-3-13(4-6-20)25-18(28)15-10-24-11-17(22)26-15/h1-2,9-11,13H,3-8H2,(H,25,28). The van der Waals surface area contributed by atoms with E-state index >= 15 is 0 Å². The molecule has 1 saturated heterocycles. The predicted octanol–water partition coefficient (Wildman–Crippen LogP) is 4.02. The SMILES string of the molecule is O=C(NC1CCC2(CC1)CCN(c1ccc(F)cc1Cl)C2=O)c1cncc(Cl)n1. The maximum atomic E-state index is 13.3. The first-order valence-electron chi connectivity index (χ1n) is 9.43. The average molecular weight is 437 g/mol. The van der Waals surface area contributed by atoms with Crippen LogP contribution in [0.5, 0.6) is 0 Å². The van der Waals surface area contributed by atoms with E-state index in [1.165, 1.54) is 24.5 Å². The van der Waals surface area contributed by atoms with Crippen LogP contribution in [0.2, 0.25) is 10.2 Å². The lowest BCUT2D eigenvalue weighted by atomic mass is 9.71. The van der Waals surface area contributed by atoms with Crippen LogP contribution in [0.4, 0.5) is 10.1 Å². The minimum absolute atomic E-state index is 0.0245. The van der Waals surface area contributed by atoms with E-state index in [2.05, 4.69) is 15.3 Å². The number of benzene rings is 1. The monoisotopic (exact) mass is 436 g/mol. The lowest BCUT2D eigenvalue weighted by molar-refractivity contribution is -0.127. The molecule has 0 unspecified atom stereocenters. The van der Waals surface area contributed by atoms with E-state index < -0.39 is 11.2 Å². The van der Waals surface area contributed by atoms with Crippen LogP contribution >= 0.6 is 23.2 Å². The van der Waals surface area contributed by atoms with Gasteiger partial charge in [-0.3, -0.25) is 14.6 Å². The Morgan fingerprint density at radius 2 is 1.97 bits per heavy atom. The number of nitrogens with one attached hydrogen (secondary N) is 1. The van der Waals surface area contributed by atoms with E-state index in [1.54, 1.807) is 11.0 Å². The van der Waals surface area contributed by atoms with Crippen LogP contribution in [0, 0.1) is 11.2 Å². The second-order valence-electron chi connectivity index (χ2n) is 7.56. The molecular weight excluding hydrogens is 418 g/mol. The molecule has 4 rings (SSSR count). The van der Waals surface area contributed by atoms with Gasteiger partial charge in [0.05, 0.1) is 28.5 Å². The van der Waals surface area contributed by atoms with Crippen molar-refractivity contribution in [3.63, 3.8) is 0 Å². The van der Waals surface area contributed by atoms with Gasteiger partial charge in [0.1, 0.15) is 16.7 Å². The molecule has 0 atom stereocenters. The number of carbonyl (C=O) groups is 2. The van der Waals surface area contributed by atoms with Crippen molar-refractivity contribution in [3.8, 4) is 0 Å². The Hall–Kier alpha value is -2.25. The van der Waals surface area contributed by atoms with Gasteiger partial charge in [-0.2, -0.15) is 0 Å². The summed E-state index contributed by atoms with van der Waals surface area (Å²) in [5, 5.41) is 3.35. The van der Waals surface area contributed by atoms with Gasteiger partial charge in [-0.05, 0) is 50.3 Å². The molecule has 9 heteroatoms. The Kier molecular flexibility index (Phi) is 5.44. The van der Waals surface area contributed by atoms with Gasteiger partial charge in [0.25, 0.3) is 5.91 Å². The number of halogens is 3. The molecule has 1 aromatic heterocycles.